The minimum atomic E-state index is -0.867. The van der Waals surface area contributed by atoms with Gasteiger partial charge in [0.2, 0.25) is 0 Å². The van der Waals surface area contributed by atoms with Gasteiger partial charge >= 0.3 is 11.8 Å². The third-order valence-corrected chi connectivity index (χ3v) is 3.42. The minimum absolute atomic E-state index is 0.424. The van der Waals surface area contributed by atoms with Crippen LogP contribution in [0.25, 0.3) is 0 Å². The van der Waals surface area contributed by atoms with Gasteiger partial charge in [0.1, 0.15) is 18.1 Å². The Labute approximate surface area is 164 Å². The quantitative estimate of drug-likeness (QED) is 0.302. The summed E-state index contributed by atoms with van der Waals surface area (Å²) in [5, 5.41) is 6.28. The molecule has 0 radical (unpaired) electrons. The van der Waals surface area contributed by atoms with Crippen LogP contribution < -0.4 is 20.2 Å². The third-order valence-electron chi connectivity index (χ3n) is 3.42. The fourth-order valence-electron chi connectivity index (χ4n) is 2.06. The largest absolute Gasteiger partial charge is 0.494 e. The molecular formula is C21H23N3O4. The lowest BCUT2D eigenvalue weighted by molar-refractivity contribution is -0.136. The zero-order chi connectivity index (χ0) is 20.2. The van der Waals surface area contributed by atoms with Crippen molar-refractivity contribution in [3.63, 3.8) is 0 Å². The molecule has 0 aromatic heterocycles. The van der Waals surface area contributed by atoms with E-state index >= 15 is 0 Å². The first kappa shape index (κ1) is 20.7. The van der Waals surface area contributed by atoms with E-state index in [1.165, 1.54) is 6.21 Å². The van der Waals surface area contributed by atoms with Crippen LogP contribution in [0.4, 0.5) is 5.69 Å². The van der Waals surface area contributed by atoms with E-state index in [9.17, 15) is 9.59 Å². The van der Waals surface area contributed by atoms with Crippen molar-refractivity contribution in [3.05, 3.63) is 66.7 Å². The van der Waals surface area contributed by atoms with E-state index in [4.69, 9.17) is 9.47 Å². The Kier molecular flexibility index (Phi) is 8.26. The van der Waals surface area contributed by atoms with Crippen LogP contribution in [0.1, 0.15) is 18.9 Å². The van der Waals surface area contributed by atoms with Crippen molar-refractivity contribution in [2.45, 2.75) is 13.3 Å². The number of hydrazone groups is 1. The summed E-state index contributed by atoms with van der Waals surface area (Å²) in [5.74, 6) is -0.276. The average Bonchev–Trinajstić information content (AvgIpc) is 2.72. The highest BCUT2D eigenvalue weighted by Gasteiger charge is 2.12. The van der Waals surface area contributed by atoms with E-state index in [0.29, 0.717) is 30.4 Å². The van der Waals surface area contributed by atoms with Gasteiger partial charge in [-0.3, -0.25) is 9.59 Å². The molecule has 0 heterocycles. The normalized spacial score (nSPS) is 10.3. The third kappa shape index (κ3) is 6.95. The van der Waals surface area contributed by atoms with E-state index in [1.54, 1.807) is 54.6 Å². The molecule has 0 saturated carbocycles. The van der Waals surface area contributed by atoms with E-state index in [0.717, 1.165) is 12.0 Å². The number of rotatable bonds is 9. The summed E-state index contributed by atoms with van der Waals surface area (Å²) >= 11 is 0. The molecule has 0 spiro atoms. The van der Waals surface area contributed by atoms with Gasteiger partial charge < -0.3 is 14.8 Å². The number of nitrogens with one attached hydrogen (secondary N) is 2. The number of nitrogens with zero attached hydrogens (tertiary/aromatic N) is 1. The van der Waals surface area contributed by atoms with Crippen molar-refractivity contribution < 1.29 is 19.1 Å². The molecule has 0 bridgehead atoms. The Bertz CT molecular complexity index is 815. The lowest BCUT2D eigenvalue weighted by Gasteiger charge is -2.07. The Morgan fingerprint density at radius 1 is 1.00 bits per heavy atom. The first-order valence-corrected chi connectivity index (χ1v) is 8.83. The van der Waals surface area contributed by atoms with Gasteiger partial charge in [0.25, 0.3) is 0 Å². The van der Waals surface area contributed by atoms with Crippen LogP contribution in [0.15, 0.2) is 66.3 Å². The number of ether oxygens (including phenoxy) is 2. The lowest BCUT2D eigenvalue weighted by atomic mass is 10.2. The highest BCUT2D eigenvalue weighted by Crippen LogP contribution is 2.15. The van der Waals surface area contributed by atoms with E-state index < -0.39 is 11.8 Å². The molecule has 28 heavy (non-hydrogen) atoms. The molecule has 7 heteroatoms. The van der Waals surface area contributed by atoms with Gasteiger partial charge in [-0.05, 0) is 60.5 Å². The van der Waals surface area contributed by atoms with Crippen LogP contribution in [0.5, 0.6) is 11.5 Å². The number of anilines is 1. The number of carbonyl (C=O) groups excluding carboxylic acids is 2. The molecule has 0 aliphatic heterocycles. The summed E-state index contributed by atoms with van der Waals surface area (Å²) in [6, 6.07) is 13.9. The van der Waals surface area contributed by atoms with Gasteiger partial charge in [-0.2, -0.15) is 5.10 Å². The summed E-state index contributed by atoms with van der Waals surface area (Å²) < 4.78 is 10.8. The molecule has 7 nitrogen and oxygen atoms in total. The van der Waals surface area contributed by atoms with Crippen LogP contribution in [0.2, 0.25) is 0 Å². The number of carbonyl (C=O) groups is 2. The fraction of sp³-hybridized carbons (Fsp3) is 0.190. The molecule has 0 aliphatic carbocycles. The number of hydrogen-bond donors (Lipinski definition) is 2. The Morgan fingerprint density at radius 3 is 2.29 bits per heavy atom. The summed E-state index contributed by atoms with van der Waals surface area (Å²) in [4.78, 5) is 23.7. The molecule has 2 amide bonds. The molecule has 0 aliphatic rings. The SMILES string of the molecule is C=CCOc1ccc(/C=N\NC(=O)C(=O)Nc2ccc(OCCC)cc2)cc1. The van der Waals surface area contributed by atoms with Crippen molar-refractivity contribution in [2.24, 2.45) is 5.10 Å². The lowest BCUT2D eigenvalue weighted by Crippen LogP contribution is -2.32. The molecule has 0 unspecified atom stereocenters. The van der Waals surface area contributed by atoms with Gasteiger partial charge in [-0.1, -0.05) is 19.6 Å². The fourth-order valence-corrected chi connectivity index (χ4v) is 2.06. The number of benzene rings is 2. The van der Waals surface area contributed by atoms with Crippen molar-refractivity contribution in [1.82, 2.24) is 5.43 Å². The molecule has 0 fully saturated rings. The van der Waals surface area contributed by atoms with Crippen LogP contribution in [0, 0.1) is 0 Å². The van der Waals surface area contributed by atoms with Gasteiger partial charge in [0.15, 0.2) is 0 Å². The van der Waals surface area contributed by atoms with Crippen molar-refractivity contribution in [2.75, 3.05) is 18.5 Å². The smallest absolute Gasteiger partial charge is 0.329 e. The topological polar surface area (TPSA) is 89.0 Å². The number of amides is 2. The molecule has 2 aromatic rings. The summed E-state index contributed by atoms with van der Waals surface area (Å²) in [6.07, 6.45) is 4.00. The summed E-state index contributed by atoms with van der Waals surface area (Å²) in [7, 11) is 0. The first-order chi connectivity index (χ1) is 13.6. The van der Waals surface area contributed by atoms with E-state index in [2.05, 4.69) is 22.4 Å². The molecular weight excluding hydrogens is 358 g/mol. The van der Waals surface area contributed by atoms with Crippen molar-refractivity contribution in [1.29, 1.82) is 0 Å². The summed E-state index contributed by atoms with van der Waals surface area (Å²) in [6.45, 7) is 6.64. The van der Waals surface area contributed by atoms with E-state index in [-0.39, 0.29) is 0 Å². The monoisotopic (exact) mass is 381 g/mol. The molecule has 2 rings (SSSR count). The van der Waals surface area contributed by atoms with Gasteiger partial charge in [0.05, 0.1) is 12.8 Å². The van der Waals surface area contributed by atoms with E-state index in [1.807, 2.05) is 6.92 Å². The summed E-state index contributed by atoms with van der Waals surface area (Å²) in [5.41, 5.74) is 3.42. The van der Waals surface area contributed by atoms with Gasteiger partial charge in [-0.15, -0.1) is 0 Å². The Morgan fingerprint density at radius 2 is 1.64 bits per heavy atom. The standard InChI is InChI=1S/C21H23N3O4/c1-3-13-27-18-9-5-16(6-10-18)15-22-24-21(26)20(25)23-17-7-11-19(12-8-17)28-14-4-2/h3,5-12,15H,1,4,13-14H2,2H3,(H,23,25)(H,24,26)/b22-15-. The van der Waals surface area contributed by atoms with Crippen LogP contribution >= 0.6 is 0 Å². The predicted octanol–water partition coefficient (Wildman–Crippen LogP) is 3.13. The molecule has 2 N–H and O–H groups in total. The van der Waals surface area contributed by atoms with Crippen molar-refractivity contribution in [3.8, 4) is 11.5 Å². The first-order valence-electron chi connectivity index (χ1n) is 8.83. The second kappa shape index (κ2) is 11.2. The second-order valence-electron chi connectivity index (χ2n) is 5.69. The Hall–Kier alpha value is -3.61. The average molecular weight is 381 g/mol. The molecule has 146 valence electrons. The number of hydrogen-bond acceptors (Lipinski definition) is 5. The Balaban J connectivity index is 1.80. The minimum Gasteiger partial charge on any atom is -0.494 e. The zero-order valence-corrected chi connectivity index (χ0v) is 15.7. The van der Waals surface area contributed by atoms with Gasteiger partial charge in [-0.25, -0.2) is 5.43 Å². The predicted molar refractivity (Wildman–Crippen MR) is 109 cm³/mol. The van der Waals surface area contributed by atoms with Crippen molar-refractivity contribution >= 4 is 23.7 Å². The molecule has 0 saturated heterocycles. The second-order valence-corrected chi connectivity index (χ2v) is 5.69. The van der Waals surface area contributed by atoms with Crippen LogP contribution in [-0.4, -0.2) is 31.2 Å². The van der Waals surface area contributed by atoms with Gasteiger partial charge in [0, 0.05) is 5.69 Å². The highest BCUT2D eigenvalue weighted by atomic mass is 16.5. The van der Waals surface area contributed by atoms with Crippen LogP contribution in [-0.2, 0) is 9.59 Å². The molecule has 0 atom stereocenters. The van der Waals surface area contributed by atoms with Crippen LogP contribution in [0.3, 0.4) is 0 Å². The maximum absolute atomic E-state index is 11.9. The molecule has 2 aromatic carbocycles. The maximum Gasteiger partial charge on any atom is 0.329 e. The zero-order valence-electron chi connectivity index (χ0n) is 15.7. The maximum atomic E-state index is 11.9. The highest BCUT2D eigenvalue weighted by molar-refractivity contribution is 6.39.